The molecule has 1 amide bonds. The van der Waals surface area contributed by atoms with E-state index in [4.69, 9.17) is 21.1 Å². The van der Waals surface area contributed by atoms with Gasteiger partial charge in [0.2, 0.25) is 0 Å². The van der Waals surface area contributed by atoms with Crippen LogP contribution in [-0.4, -0.2) is 25.1 Å². The van der Waals surface area contributed by atoms with Crippen LogP contribution in [-0.2, 0) is 0 Å². The zero-order valence-corrected chi connectivity index (χ0v) is 16.3. The van der Waals surface area contributed by atoms with Crippen LogP contribution in [0.2, 0.25) is 5.02 Å². The molecule has 2 aromatic carbocycles. The first kappa shape index (κ1) is 19.1. The standard InChI is InChI=1S/C20H17ClN2O3S/c1-25-13-9-10-16(17(12-13)26-2)23-19(24)14-6-5-11-22-20(14)27-18-8-4-3-7-15(18)21/h3-12H,1-2H3,(H,23,24). The van der Waals surface area contributed by atoms with Crippen LogP contribution >= 0.6 is 23.4 Å². The number of halogens is 1. The number of hydrogen-bond acceptors (Lipinski definition) is 5. The molecule has 7 heteroatoms. The molecule has 3 aromatic rings. The van der Waals surface area contributed by atoms with Crippen molar-refractivity contribution in [2.45, 2.75) is 9.92 Å². The number of ether oxygens (including phenoxy) is 2. The van der Waals surface area contributed by atoms with Gasteiger partial charge < -0.3 is 14.8 Å². The number of nitrogens with zero attached hydrogens (tertiary/aromatic N) is 1. The first-order valence-electron chi connectivity index (χ1n) is 8.03. The fraction of sp³-hybridized carbons (Fsp3) is 0.100. The maximum Gasteiger partial charge on any atom is 0.258 e. The molecule has 0 aliphatic carbocycles. The Morgan fingerprint density at radius 1 is 1.07 bits per heavy atom. The highest BCUT2D eigenvalue weighted by molar-refractivity contribution is 7.99. The number of carbonyl (C=O) groups is 1. The predicted octanol–water partition coefficient (Wildman–Crippen LogP) is 5.16. The summed E-state index contributed by atoms with van der Waals surface area (Å²) in [6, 6.07) is 16.1. The van der Waals surface area contributed by atoms with Crippen molar-refractivity contribution in [3.8, 4) is 11.5 Å². The van der Waals surface area contributed by atoms with Crippen molar-refractivity contribution in [2.75, 3.05) is 19.5 Å². The molecule has 0 radical (unpaired) electrons. The van der Waals surface area contributed by atoms with Crippen molar-refractivity contribution in [3.05, 3.63) is 71.4 Å². The second-order valence-electron chi connectivity index (χ2n) is 5.41. The molecule has 1 heterocycles. The van der Waals surface area contributed by atoms with Crippen molar-refractivity contribution in [1.82, 2.24) is 4.98 Å². The first-order chi connectivity index (χ1) is 13.1. The maximum absolute atomic E-state index is 12.8. The van der Waals surface area contributed by atoms with Gasteiger partial charge in [0.15, 0.2) is 0 Å². The van der Waals surface area contributed by atoms with E-state index in [0.717, 1.165) is 4.90 Å². The molecule has 0 saturated heterocycles. The van der Waals surface area contributed by atoms with E-state index in [1.807, 2.05) is 18.2 Å². The summed E-state index contributed by atoms with van der Waals surface area (Å²) >= 11 is 7.57. The summed E-state index contributed by atoms with van der Waals surface area (Å²) in [7, 11) is 3.11. The van der Waals surface area contributed by atoms with Gasteiger partial charge in [-0.25, -0.2) is 4.98 Å². The van der Waals surface area contributed by atoms with Gasteiger partial charge >= 0.3 is 0 Å². The highest BCUT2D eigenvalue weighted by Gasteiger charge is 2.16. The molecule has 138 valence electrons. The average Bonchev–Trinajstić information content (AvgIpc) is 2.70. The number of amides is 1. The van der Waals surface area contributed by atoms with Crippen molar-refractivity contribution in [2.24, 2.45) is 0 Å². The average molecular weight is 401 g/mol. The monoisotopic (exact) mass is 400 g/mol. The fourth-order valence-corrected chi connectivity index (χ4v) is 3.52. The lowest BCUT2D eigenvalue weighted by molar-refractivity contribution is 0.102. The van der Waals surface area contributed by atoms with E-state index < -0.39 is 0 Å². The van der Waals surface area contributed by atoms with Crippen LogP contribution in [0.25, 0.3) is 0 Å². The molecule has 0 atom stereocenters. The molecule has 0 fully saturated rings. The molecule has 1 aromatic heterocycles. The molecular formula is C20H17ClN2O3S. The van der Waals surface area contributed by atoms with E-state index in [-0.39, 0.29) is 5.91 Å². The quantitative estimate of drug-likeness (QED) is 0.619. The smallest absolute Gasteiger partial charge is 0.258 e. The molecule has 0 unspecified atom stereocenters. The number of benzene rings is 2. The lowest BCUT2D eigenvalue weighted by Crippen LogP contribution is -2.14. The molecule has 0 bridgehead atoms. The molecule has 3 rings (SSSR count). The SMILES string of the molecule is COc1ccc(NC(=O)c2cccnc2Sc2ccccc2Cl)c(OC)c1. The second-order valence-corrected chi connectivity index (χ2v) is 6.85. The number of pyridine rings is 1. The Morgan fingerprint density at radius 2 is 1.89 bits per heavy atom. The van der Waals surface area contributed by atoms with Crippen LogP contribution in [0.5, 0.6) is 11.5 Å². The summed E-state index contributed by atoms with van der Waals surface area (Å²) in [6.45, 7) is 0. The molecule has 0 aliphatic heterocycles. The van der Waals surface area contributed by atoms with E-state index in [1.165, 1.54) is 18.9 Å². The number of rotatable bonds is 6. The number of methoxy groups -OCH3 is 2. The van der Waals surface area contributed by atoms with Crippen molar-refractivity contribution in [1.29, 1.82) is 0 Å². The number of carbonyl (C=O) groups excluding carboxylic acids is 1. The number of hydrogen-bond donors (Lipinski definition) is 1. The van der Waals surface area contributed by atoms with Gasteiger partial charge in [-0.15, -0.1) is 0 Å². The zero-order valence-electron chi connectivity index (χ0n) is 14.7. The van der Waals surface area contributed by atoms with Crippen molar-refractivity contribution < 1.29 is 14.3 Å². The van der Waals surface area contributed by atoms with Gasteiger partial charge in [-0.3, -0.25) is 4.79 Å². The normalized spacial score (nSPS) is 10.3. The summed E-state index contributed by atoms with van der Waals surface area (Å²) in [5.74, 6) is 0.856. The molecule has 0 spiro atoms. The Kier molecular flexibility index (Phi) is 6.21. The Balaban J connectivity index is 1.87. The molecule has 0 saturated carbocycles. The van der Waals surface area contributed by atoms with E-state index in [9.17, 15) is 4.79 Å². The van der Waals surface area contributed by atoms with E-state index in [1.54, 1.807) is 49.7 Å². The topological polar surface area (TPSA) is 60.5 Å². The summed E-state index contributed by atoms with van der Waals surface area (Å²) in [5.41, 5.74) is 0.987. The largest absolute Gasteiger partial charge is 0.497 e. The Bertz CT molecular complexity index is 965. The first-order valence-corrected chi connectivity index (χ1v) is 9.22. The van der Waals surface area contributed by atoms with E-state index >= 15 is 0 Å². The van der Waals surface area contributed by atoms with Crippen molar-refractivity contribution >= 4 is 35.0 Å². The molecule has 5 nitrogen and oxygen atoms in total. The predicted molar refractivity (Wildman–Crippen MR) is 107 cm³/mol. The van der Waals surface area contributed by atoms with Gasteiger partial charge in [-0.05, 0) is 36.4 Å². The summed E-state index contributed by atoms with van der Waals surface area (Å²) < 4.78 is 10.5. The van der Waals surface area contributed by atoms with Gasteiger partial charge in [0.1, 0.15) is 16.5 Å². The van der Waals surface area contributed by atoms with Gasteiger partial charge in [-0.2, -0.15) is 0 Å². The minimum Gasteiger partial charge on any atom is -0.497 e. The number of aromatic nitrogens is 1. The van der Waals surface area contributed by atoms with Gasteiger partial charge in [0, 0.05) is 17.2 Å². The zero-order chi connectivity index (χ0) is 19.2. The lowest BCUT2D eigenvalue weighted by atomic mass is 10.2. The summed E-state index contributed by atoms with van der Waals surface area (Å²) in [5, 5.41) is 4.04. The van der Waals surface area contributed by atoms with Crippen LogP contribution in [0.4, 0.5) is 5.69 Å². The lowest BCUT2D eigenvalue weighted by Gasteiger charge is -2.13. The summed E-state index contributed by atoms with van der Waals surface area (Å²) in [6.07, 6.45) is 1.64. The van der Waals surface area contributed by atoms with E-state index in [0.29, 0.717) is 32.8 Å². The minimum absolute atomic E-state index is 0.291. The Hall–Kier alpha value is -2.70. The van der Waals surface area contributed by atoms with Crippen LogP contribution in [0.3, 0.4) is 0 Å². The molecular weight excluding hydrogens is 384 g/mol. The third-order valence-electron chi connectivity index (χ3n) is 3.72. The van der Waals surface area contributed by atoms with Crippen molar-refractivity contribution in [3.63, 3.8) is 0 Å². The molecule has 1 N–H and O–H groups in total. The third-order valence-corrected chi connectivity index (χ3v) is 5.25. The van der Waals surface area contributed by atoms with Gasteiger partial charge in [0.25, 0.3) is 5.91 Å². The van der Waals surface area contributed by atoms with Crippen LogP contribution in [0.1, 0.15) is 10.4 Å². The van der Waals surface area contributed by atoms with Crippen LogP contribution in [0, 0.1) is 0 Å². The Morgan fingerprint density at radius 3 is 2.63 bits per heavy atom. The van der Waals surface area contributed by atoms with Gasteiger partial charge in [-0.1, -0.05) is 35.5 Å². The highest BCUT2D eigenvalue weighted by atomic mass is 35.5. The molecule has 27 heavy (non-hydrogen) atoms. The summed E-state index contributed by atoms with van der Waals surface area (Å²) in [4.78, 5) is 18.0. The Labute approximate surface area is 166 Å². The maximum atomic E-state index is 12.8. The van der Waals surface area contributed by atoms with Crippen LogP contribution < -0.4 is 14.8 Å². The number of nitrogens with one attached hydrogen (secondary N) is 1. The highest BCUT2D eigenvalue weighted by Crippen LogP contribution is 2.34. The minimum atomic E-state index is -0.291. The third kappa shape index (κ3) is 4.53. The number of anilines is 1. The van der Waals surface area contributed by atoms with Crippen LogP contribution in [0.15, 0.2) is 70.7 Å². The van der Waals surface area contributed by atoms with Gasteiger partial charge in [0.05, 0.1) is 30.5 Å². The fourth-order valence-electron chi connectivity index (χ4n) is 2.37. The molecule has 0 aliphatic rings. The van der Waals surface area contributed by atoms with E-state index in [2.05, 4.69) is 10.3 Å². The second kappa shape index (κ2) is 8.79.